The van der Waals surface area contributed by atoms with Crippen molar-refractivity contribution in [2.45, 2.75) is 26.8 Å². The molecule has 2 rings (SSSR count). The molecule has 0 saturated heterocycles. The number of rotatable bonds is 7. The number of halogens is 4. The molecule has 2 aromatic rings. The number of nitrogens with zero attached hydrogens (tertiary/aromatic N) is 1. The fourth-order valence-electron chi connectivity index (χ4n) is 2.54. The van der Waals surface area contributed by atoms with Gasteiger partial charge in [0.25, 0.3) is 0 Å². The minimum atomic E-state index is -1.63. The van der Waals surface area contributed by atoms with Crippen LogP contribution in [0.2, 0.25) is 0 Å². The van der Waals surface area contributed by atoms with Crippen LogP contribution >= 0.6 is 24.0 Å². The van der Waals surface area contributed by atoms with Crippen LogP contribution in [-0.4, -0.2) is 25.0 Å². The van der Waals surface area contributed by atoms with Gasteiger partial charge in [-0.3, -0.25) is 4.79 Å². The molecule has 3 N–H and O–H groups in total. The van der Waals surface area contributed by atoms with E-state index in [1.165, 1.54) is 5.56 Å². The Morgan fingerprint density at radius 1 is 0.966 bits per heavy atom. The van der Waals surface area contributed by atoms with E-state index in [0.29, 0.717) is 19.0 Å². The number of hydrogen-bond donors (Lipinski definition) is 3. The molecule has 0 heterocycles. The normalized spacial score (nSPS) is 10.9. The SMILES string of the molecule is CCNC(=NCc1ccccc1CC)NCC(=O)Nc1ccc(F)c(F)c1F.I. The molecule has 9 heteroatoms. The second-order valence-electron chi connectivity index (χ2n) is 5.94. The minimum absolute atomic E-state index is 0. The maximum absolute atomic E-state index is 13.6. The largest absolute Gasteiger partial charge is 0.357 e. The fourth-order valence-corrected chi connectivity index (χ4v) is 2.54. The standard InChI is InChI=1S/C20H23F3N4O.HI/c1-3-13-7-5-6-8-14(13)11-25-20(24-4-2)26-12-17(28)27-16-10-9-15(21)18(22)19(16)23;/h5-10H,3-4,11-12H2,1-2H3,(H,27,28)(H2,24,25,26);1H. The summed E-state index contributed by atoms with van der Waals surface area (Å²) in [5, 5.41) is 8.05. The first-order valence-corrected chi connectivity index (χ1v) is 8.98. The summed E-state index contributed by atoms with van der Waals surface area (Å²) in [6.07, 6.45) is 0.887. The molecule has 0 saturated carbocycles. The van der Waals surface area contributed by atoms with E-state index in [1.54, 1.807) is 0 Å². The van der Waals surface area contributed by atoms with E-state index in [-0.39, 0.29) is 30.5 Å². The summed E-state index contributed by atoms with van der Waals surface area (Å²) in [5.41, 5.74) is 1.84. The van der Waals surface area contributed by atoms with E-state index in [4.69, 9.17) is 0 Å². The molecule has 0 bridgehead atoms. The van der Waals surface area contributed by atoms with E-state index in [0.717, 1.165) is 24.1 Å². The van der Waals surface area contributed by atoms with Gasteiger partial charge in [0.1, 0.15) is 0 Å². The molecule has 2 aromatic carbocycles. The van der Waals surface area contributed by atoms with Crippen LogP contribution in [0.5, 0.6) is 0 Å². The zero-order chi connectivity index (χ0) is 20.5. The van der Waals surface area contributed by atoms with Gasteiger partial charge < -0.3 is 16.0 Å². The maximum atomic E-state index is 13.6. The molecule has 0 aliphatic carbocycles. The van der Waals surface area contributed by atoms with Crippen LogP contribution in [0, 0.1) is 17.5 Å². The second-order valence-corrected chi connectivity index (χ2v) is 5.94. The van der Waals surface area contributed by atoms with Crippen LogP contribution in [0.3, 0.4) is 0 Å². The zero-order valence-electron chi connectivity index (χ0n) is 16.2. The van der Waals surface area contributed by atoms with Gasteiger partial charge in [0.05, 0.1) is 18.8 Å². The van der Waals surface area contributed by atoms with Gasteiger partial charge in [-0.15, -0.1) is 24.0 Å². The number of aliphatic imine (C=N–C) groups is 1. The van der Waals surface area contributed by atoms with Gasteiger partial charge in [-0.1, -0.05) is 31.2 Å². The average molecular weight is 520 g/mol. The molecule has 0 spiro atoms. The molecule has 0 radical (unpaired) electrons. The summed E-state index contributed by atoms with van der Waals surface area (Å²) < 4.78 is 39.8. The molecule has 5 nitrogen and oxygen atoms in total. The summed E-state index contributed by atoms with van der Waals surface area (Å²) in [7, 11) is 0. The number of carbonyl (C=O) groups excluding carboxylic acids is 1. The third-order valence-electron chi connectivity index (χ3n) is 3.98. The molecule has 0 aliphatic rings. The highest BCUT2D eigenvalue weighted by Gasteiger charge is 2.15. The molecule has 0 unspecified atom stereocenters. The third-order valence-corrected chi connectivity index (χ3v) is 3.98. The van der Waals surface area contributed by atoms with Crippen molar-refractivity contribution >= 4 is 41.5 Å². The molecule has 0 atom stereocenters. The molecular weight excluding hydrogens is 496 g/mol. The van der Waals surface area contributed by atoms with E-state index in [9.17, 15) is 18.0 Å². The van der Waals surface area contributed by atoms with Crippen molar-refractivity contribution in [3.63, 3.8) is 0 Å². The van der Waals surface area contributed by atoms with Gasteiger partial charge in [-0.25, -0.2) is 18.2 Å². The summed E-state index contributed by atoms with van der Waals surface area (Å²) >= 11 is 0. The summed E-state index contributed by atoms with van der Waals surface area (Å²) in [4.78, 5) is 16.5. The lowest BCUT2D eigenvalue weighted by Crippen LogP contribution is -2.41. The number of aryl methyl sites for hydroxylation is 1. The third kappa shape index (κ3) is 7.22. The highest BCUT2D eigenvalue weighted by atomic mass is 127. The van der Waals surface area contributed by atoms with Gasteiger partial charge in [-0.05, 0) is 36.6 Å². The zero-order valence-corrected chi connectivity index (χ0v) is 18.5. The Labute approximate surface area is 185 Å². The van der Waals surface area contributed by atoms with E-state index in [2.05, 4.69) is 27.9 Å². The maximum Gasteiger partial charge on any atom is 0.243 e. The Morgan fingerprint density at radius 2 is 1.66 bits per heavy atom. The summed E-state index contributed by atoms with van der Waals surface area (Å²) in [5.74, 6) is -4.60. The highest BCUT2D eigenvalue weighted by molar-refractivity contribution is 14.0. The van der Waals surface area contributed by atoms with Crippen molar-refractivity contribution in [3.8, 4) is 0 Å². The molecule has 158 valence electrons. The Kier molecular flexibility index (Phi) is 10.5. The predicted molar refractivity (Wildman–Crippen MR) is 119 cm³/mol. The lowest BCUT2D eigenvalue weighted by atomic mass is 10.1. The predicted octanol–water partition coefficient (Wildman–Crippen LogP) is 3.98. The minimum Gasteiger partial charge on any atom is -0.357 e. The summed E-state index contributed by atoms with van der Waals surface area (Å²) in [6.45, 7) is 4.74. The first-order valence-electron chi connectivity index (χ1n) is 8.98. The number of hydrogen-bond acceptors (Lipinski definition) is 2. The average Bonchev–Trinajstić information content (AvgIpc) is 2.70. The number of amides is 1. The van der Waals surface area contributed by atoms with Crippen LogP contribution in [0.4, 0.5) is 18.9 Å². The molecule has 29 heavy (non-hydrogen) atoms. The first-order chi connectivity index (χ1) is 13.5. The number of nitrogens with one attached hydrogen (secondary N) is 3. The lowest BCUT2D eigenvalue weighted by Gasteiger charge is -2.13. The van der Waals surface area contributed by atoms with Crippen LogP contribution in [0.15, 0.2) is 41.4 Å². The molecule has 0 aliphatic heterocycles. The van der Waals surface area contributed by atoms with Gasteiger partial charge in [0, 0.05) is 6.54 Å². The Morgan fingerprint density at radius 3 is 2.31 bits per heavy atom. The number of carbonyl (C=O) groups is 1. The Hall–Kier alpha value is -2.30. The van der Waals surface area contributed by atoms with E-state index >= 15 is 0 Å². The second kappa shape index (κ2) is 12.3. The fraction of sp³-hybridized carbons (Fsp3) is 0.300. The van der Waals surface area contributed by atoms with Crippen molar-refractivity contribution in [2.24, 2.45) is 4.99 Å². The smallest absolute Gasteiger partial charge is 0.243 e. The van der Waals surface area contributed by atoms with Gasteiger partial charge in [0.15, 0.2) is 23.4 Å². The molecule has 1 amide bonds. The summed E-state index contributed by atoms with van der Waals surface area (Å²) in [6, 6.07) is 9.65. The van der Waals surface area contributed by atoms with Crippen LogP contribution in [0.1, 0.15) is 25.0 Å². The van der Waals surface area contributed by atoms with E-state index < -0.39 is 29.0 Å². The molecular formula is C20H24F3IN4O. The quantitative estimate of drug-likeness (QED) is 0.224. The molecule has 0 aromatic heterocycles. The van der Waals surface area contributed by atoms with Crippen molar-refractivity contribution < 1.29 is 18.0 Å². The van der Waals surface area contributed by atoms with Crippen LogP contribution < -0.4 is 16.0 Å². The number of anilines is 1. The van der Waals surface area contributed by atoms with Gasteiger partial charge in [0.2, 0.25) is 5.91 Å². The van der Waals surface area contributed by atoms with Gasteiger partial charge >= 0.3 is 0 Å². The molecule has 0 fully saturated rings. The van der Waals surface area contributed by atoms with Crippen LogP contribution in [-0.2, 0) is 17.8 Å². The topological polar surface area (TPSA) is 65.5 Å². The van der Waals surface area contributed by atoms with Crippen LogP contribution in [0.25, 0.3) is 0 Å². The van der Waals surface area contributed by atoms with Gasteiger partial charge in [-0.2, -0.15) is 0 Å². The monoisotopic (exact) mass is 520 g/mol. The number of guanidine groups is 1. The lowest BCUT2D eigenvalue weighted by molar-refractivity contribution is -0.115. The van der Waals surface area contributed by atoms with E-state index in [1.807, 2.05) is 31.2 Å². The van der Waals surface area contributed by atoms with Crippen molar-refractivity contribution in [1.29, 1.82) is 0 Å². The van der Waals surface area contributed by atoms with Crippen molar-refractivity contribution in [1.82, 2.24) is 10.6 Å². The highest BCUT2D eigenvalue weighted by Crippen LogP contribution is 2.19. The number of benzene rings is 2. The Bertz CT molecular complexity index is 862. The van der Waals surface area contributed by atoms with Crippen molar-refractivity contribution in [3.05, 3.63) is 65.0 Å². The Balaban J connectivity index is 0.00000420. The van der Waals surface area contributed by atoms with Crippen molar-refractivity contribution in [2.75, 3.05) is 18.4 Å². The first kappa shape index (κ1) is 24.7.